The van der Waals surface area contributed by atoms with Gasteiger partial charge in [0.15, 0.2) is 11.6 Å². The smallest absolute Gasteiger partial charge is 0.326 e. The van der Waals surface area contributed by atoms with Crippen LogP contribution in [0.15, 0.2) is 0 Å². The van der Waals surface area contributed by atoms with Gasteiger partial charge in [-0.2, -0.15) is 0 Å². The number of aliphatic carboxylic acids is 4. The van der Waals surface area contributed by atoms with Crippen molar-refractivity contribution in [2.45, 2.75) is 270 Å². The van der Waals surface area contributed by atoms with Gasteiger partial charge in [0.1, 0.15) is 55.6 Å². The third-order valence-corrected chi connectivity index (χ3v) is 18.3. The Bertz CT molecular complexity index is 2730. The summed E-state index contributed by atoms with van der Waals surface area (Å²) in [6, 6.07) is -1.16. The maximum absolute atomic E-state index is 13.7. The quantitative estimate of drug-likeness (QED) is 0.0262. The second-order valence-corrected chi connectivity index (χ2v) is 29.1. The molecule has 0 heterocycles. The normalized spacial score (nSPS) is 12.4. The van der Waals surface area contributed by atoms with E-state index in [0.717, 1.165) is 77.0 Å². The molecule has 1 unspecified atom stereocenters. The first-order chi connectivity index (χ1) is 54.1. The third kappa shape index (κ3) is 69.0. The monoisotopic (exact) mass is 1620 g/mol. The molecule has 4 atom stereocenters. The molecule has 0 aliphatic carbocycles. The third-order valence-electron chi connectivity index (χ3n) is 18.3. The SMILES string of the molecule is CC(=O)[C@H](CCCCNC(=O)COCCOCCCC(=O)COCCOCCNC(=O)CC[C@H](CC(=O)CCCCCCCCCCC(=O)O)C(=O)O)CC(=O)[C@H](CCCCNC(=O)COCCOCCNC(=O)COCCOCCCC(=O)CCC(NC(=O)CCCCCCCCCCC(=O)O)C(=O)O)CC(=O)C(C)(C)N.[HH].[HH].[HH]. The molecule has 0 aromatic rings. The number of hydrogen-bond donors (Lipinski definition) is 10. The number of unbranched alkanes of at least 4 members (excludes halogenated alkanes) is 16. The fourth-order valence-electron chi connectivity index (χ4n) is 11.6. The van der Waals surface area contributed by atoms with Gasteiger partial charge in [-0.3, -0.25) is 67.1 Å². The minimum atomic E-state index is -1.20. The highest BCUT2D eigenvalue weighted by Gasteiger charge is 2.31. The Balaban J connectivity index is -0.0000209. The summed E-state index contributed by atoms with van der Waals surface area (Å²) in [5, 5.41) is 49.9. The van der Waals surface area contributed by atoms with Gasteiger partial charge in [0.05, 0.1) is 77.5 Å². The van der Waals surface area contributed by atoms with E-state index in [1.165, 1.54) is 6.92 Å². The van der Waals surface area contributed by atoms with Crippen LogP contribution in [0.1, 0.15) is 263 Å². The van der Waals surface area contributed by atoms with Gasteiger partial charge in [-0.05, 0) is 97.8 Å². The number of rotatable bonds is 84. The molecule has 0 saturated heterocycles. The van der Waals surface area contributed by atoms with E-state index in [2.05, 4.69) is 26.6 Å². The van der Waals surface area contributed by atoms with Gasteiger partial charge < -0.3 is 90.6 Å². The molecule has 5 amide bonds. The van der Waals surface area contributed by atoms with Crippen molar-refractivity contribution >= 4 is 88.1 Å². The van der Waals surface area contributed by atoms with Crippen LogP contribution in [0.4, 0.5) is 0 Å². The molecule has 0 aromatic heterocycles. The van der Waals surface area contributed by atoms with Crippen LogP contribution in [0.2, 0.25) is 0 Å². The summed E-state index contributed by atoms with van der Waals surface area (Å²) in [6.45, 7) is 7.08. The molecular formula is C80H144N6O27. The van der Waals surface area contributed by atoms with Crippen molar-refractivity contribution in [3.8, 4) is 0 Å². The first-order valence-corrected chi connectivity index (χ1v) is 40.9. The number of amides is 5. The van der Waals surface area contributed by atoms with Crippen LogP contribution >= 0.6 is 0 Å². The molecule has 113 heavy (non-hydrogen) atoms. The summed E-state index contributed by atoms with van der Waals surface area (Å²) < 4.78 is 43.4. The van der Waals surface area contributed by atoms with E-state index < -0.39 is 53.2 Å². The van der Waals surface area contributed by atoms with Crippen LogP contribution < -0.4 is 32.3 Å². The van der Waals surface area contributed by atoms with Gasteiger partial charge in [0, 0.05) is 126 Å². The summed E-state index contributed by atoms with van der Waals surface area (Å²) in [5.74, 6) is -8.93. The number of carbonyl (C=O) groups excluding carboxylic acids is 11. The average molecular weight is 1620 g/mol. The Hall–Kier alpha value is -7.11. The van der Waals surface area contributed by atoms with Crippen molar-refractivity contribution in [1.82, 2.24) is 26.6 Å². The van der Waals surface area contributed by atoms with Crippen molar-refractivity contribution in [3.05, 3.63) is 0 Å². The number of carboxylic acid groups (broad SMARTS) is 4. The van der Waals surface area contributed by atoms with E-state index in [1.807, 2.05) is 0 Å². The Morgan fingerprint density at radius 3 is 1.15 bits per heavy atom. The molecule has 11 N–H and O–H groups in total. The zero-order valence-corrected chi connectivity index (χ0v) is 67.9. The molecule has 33 heteroatoms. The van der Waals surface area contributed by atoms with Gasteiger partial charge in [-0.15, -0.1) is 0 Å². The molecular weight excluding hydrogens is 1480 g/mol. The summed E-state index contributed by atoms with van der Waals surface area (Å²) >= 11 is 0. The summed E-state index contributed by atoms with van der Waals surface area (Å²) in [4.78, 5) is 183. The predicted molar refractivity (Wildman–Crippen MR) is 423 cm³/mol. The summed E-state index contributed by atoms with van der Waals surface area (Å²) in [7, 11) is 0. The highest BCUT2D eigenvalue weighted by Crippen LogP contribution is 2.25. The summed E-state index contributed by atoms with van der Waals surface area (Å²) in [5.41, 5.74) is 4.92. The Kier molecular flexibility index (Phi) is 66.9. The lowest BCUT2D eigenvalue weighted by atomic mass is 9.82. The number of ether oxygens (including phenoxy) is 8. The Morgan fingerprint density at radius 1 is 0.319 bits per heavy atom. The molecule has 0 aliphatic heterocycles. The second kappa shape index (κ2) is 71.4. The minimum absolute atomic E-state index is 0. The van der Waals surface area contributed by atoms with Gasteiger partial charge in [-0.25, -0.2) is 4.79 Å². The molecule has 0 fully saturated rings. The van der Waals surface area contributed by atoms with E-state index >= 15 is 0 Å². The number of nitrogens with two attached hydrogens (primary N) is 1. The van der Waals surface area contributed by atoms with Gasteiger partial charge >= 0.3 is 23.9 Å². The van der Waals surface area contributed by atoms with E-state index in [1.54, 1.807) is 13.8 Å². The number of hydrogen-bond acceptors (Lipinski definition) is 24. The molecule has 0 aromatic carbocycles. The lowest BCUT2D eigenvalue weighted by Gasteiger charge is -2.23. The zero-order valence-electron chi connectivity index (χ0n) is 67.9. The van der Waals surface area contributed by atoms with Gasteiger partial charge in [0.25, 0.3) is 0 Å². The molecule has 656 valence electrons. The van der Waals surface area contributed by atoms with E-state index in [-0.39, 0.29) is 258 Å². The standard InChI is InChI=1S/C80H138N6O27.3H2/c1-61(87)62(26-20-22-38-82-73(95)58-111-51-47-107-43-25-30-67(90)57-110-50-48-108-44-40-84-71(93)37-34-64(78(102)103)54-66(89)28-16-12-8-4-6-10-14-18-32-76(98)99)55-69(91)63(56-70(92)80(2,3)81)27-21-23-39-83-74(96)59-113-53-49-109-45-41-85-75(97)60-112-52-46-106-42-24-29-65(88)35-36-68(79(104)105)86-72(94)31-17-13-9-5-7-11-15-19-33-77(100)101;;;/h62-64,68H,4-60,81H2,1-3H3,(H,82,95)(H,83,96)(H,84,93)(H,85,97)(H,86,94)(H,98,99)(H,100,101)(H,102,103)(H,104,105);3*1H/t62-,63-,64-,68?;;;/m1.../s1. The average Bonchev–Trinajstić information content (AvgIpc) is 0.868. The fraction of sp³-hybridized carbons (Fsp3) is 0.812. The highest BCUT2D eigenvalue weighted by molar-refractivity contribution is 5.94. The van der Waals surface area contributed by atoms with Gasteiger partial charge in [0.2, 0.25) is 29.5 Å². The van der Waals surface area contributed by atoms with Crippen molar-refractivity contribution in [3.63, 3.8) is 0 Å². The Morgan fingerprint density at radius 2 is 0.708 bits per heavy atom. The maximum atomic E-state index is 13.7. The lowest BCUT2D eigenvalue weighted by Crippen LogP contribution is -2.43. The first-order valence-electron chi connectivity index (χ1n) is 40.9. The van der Waals surface area contributed by atoms with Crippen molar-refractivity contribution in [1.29, 1.82) is 0 Å². The molecule has 0 spiro atoms. The van der Waals surface area contributed by atoms with E-state index in [9.17, 15) is 82.1 Å². The lowest BCUT2D eigenvalue weighted by molar-refractivity contribution is -0.144. The maximum Gasteiger partial charge on any atom is 0.326 e. The fourth-order valence-corrected chi connectivity index (χ4v) is 11.6. The number of ketones is 6. The molecule has 33 nitrogen and oxygen atoms in total. The van der Waals surface area contributed by atoms with Crippen LogP contribution in [0.5, 0.6) is 0 Å². The summed E-state index contributed by atoms with van der Waals surface area (Å²) in [6.07, 6.45) is 18.7. The van der Waals surface area contributed by atoms with Crippen LogP contribution in [0.3, 0.4) is 0 Å². The van der Waals surface area contributed by atoms with Crippen LogP contribution in [-0.2, 0) is 110 Å². The van der Waals surface area contributed by atoms with E-state index in [0.29, 0.717) is 103 Å². The highest BCUT2D eigenvalue weighted by atomic mass is 16.5. The molecule has 0 rings (SSSR count). The van der Waals surface area contributed by atoms with Crippen LogP contribution in [-0.4, -0.2) is 252 Å². The largest absolute Gasteiger partial charge is 0.481 e. The minimum Gasteiger partial charge on any atom is -0.481 e. The van der Waals surface area contributed by atoms with Crippen molar-refractivity contribution in [2.75, 3.05) is 132 Å². The number of nitrogens with one attached hydrogen (secondary N) is 5. The first kappa shape index (κ1) is 106. The Labute approximate surface area is 672 Å². The molecule has 0 saturated carbocycles. The molecule has 0 bridgehead atoms. The number of carboxylic acids is 4. The van der Waals surface area contributed by atoms with Gasteiger partial charge in [-0.1, -0.05) is 89.9 Å². The number of carbonyl (C=O) groups is 15. The predicted octanol–water partition coefficient (Wildman–Crippen LogP) is 7.60. The molecule has 0 radical (unpaired) electrons. The number of Topliss-reactive ketones (excluding diaryl/α,β-unsaturated/α-hetero) is 6. The van der Waals surface area contributed by atoms with Crippen LogP contribution in [0, 0.1) is 17.8 Å². The van der Waals surface area contributed by atoms with Crippen molar-refractivity contribution in [2.24, 2.45) is 23.5 Å². The topological polar surface area (TPSA) is 497 Å². The van der Waals surface area contributed by atoms with E-state index in [4.69, 9.17) is 53.8 Å². The van der Waals surface area contributed by atoms with Crippen molar-refractivity contribution < 1.29 is 135 Å². The second-order valence-electron chi connectivity index (χ2n) is 29.1. The molecule has 0 aliphatic rings. The zero-order chi connectivity index (χ0) is 84.0. The van der Waals surface area contributed by atoms with Crippen LogP contribution in [0.25, 0.3) is 0 Å².